The Labute approximate surface area is 84.5 Å². The average molecular weight is 198 g/mol. The first-order chi connectivity index (χ1) is 6.74. The molecule has 3 heteroatoms. The molecule has 0 unspecified atom stereocenters. The highest BCUT2D eigenvalue weighted by molar-refractivity contribution is 5.73. The molecular formula is C11H18O3. The van der Waals surface area contributed by atoms with E-state index >= 15 is 0 Å². The number of aldehydes is 1. The Morgan fingerprint density at radius 3 is 2.50 bits per heavy atom. The van der Waals surface area contributed by atoms with Gasteiger partial charge in [-0.1, -0.05) is 32.1 Å². The Morgan fingerprint density at radius 1 is 1.36 bits per heavy atom. The summed E-state index contributed by atoms with van der Waals surface area (Å²) in [4.78, 5) is 21.1. The zero-order valence-electron chi connectivity index (χ0n) is 8.45. The number of hydrogen-bond donors (Lipinski definition) is 1. The Bertz CT molecular complexity index is 195. The molecule has 0 radical (unpaired) electrons. The standard InChI is InChI=1S/C11H18O3/c12-7-6-10(11(13)14)8-9-4-2-1-3-5-9/h7,9-10H,1-6,8H2,(H,13,14)/t10-/m1/s1. The number of carbonyl (C=O) groups excluding carboxylic acids is 1. The molecule has 0 spiro atoms. The van der Waals surface area contributed by atoms with Crippen LogP contribution in [0.4, 0.5) is 0 Å². The SMILES string of the molecule is O=CC[C@H](CC1CCCCC1)C(=O)O. The minimum Gasteiger partial charge on any atom is -0.481 e. The van der Waals surface area contributed by atoms with Crippen LogP contribution in [-0.2, 0) is 9.59 Å². The molecule has 14 heavy (non-hydrogen) atoms. The monoisotopic (exact) mass is 198 g/mol. The lowest BCUT2D eigenvalue weighted by Gasteiger charge is -2.23. The lowest BCUT2D eigenvalue weighted by molar-refractivity contribution is -0.143. The van der Waals surface area contributed by atoms with Gasteiger partial charge in [-0.3, -0.25) is 4.79 Å². The van der Waals surface area contributed by atoms with E-state index in [1.54, 1.807) is 0 Å². The van der Waals surface area contributed by atoms with Gasteiger partial charge in [-0.05, 0) is 12.3 Å². The molecule has 1 rings (SSSR count). The molecule has 1 atom stereocenters. The maximum absolute atomic E-state index is 10.8. The van der Waals surface area contributed by atoms with Gasteiger partial charge in [0.15, 0.2) is 0 Å². The van der Waals surface area contributed by atoms with Crippen molar-refractivity contribution >= 4 is 12.3 Å². The lowest BCUT2D eigenvalue weighted by atomic mass is 9.82. The lowest BCUT2D eigenvalue weighted by Crippen LogP contribution is -2.19. The molecule has 0 aliphatic heterocycles. The van der Waals surface area contributed by atoms with E-state index < -0.39 is 11.9 Å². The minimum absolute atomic E-state index is 0.172. The summed E-state index contributed by atoms with van der Waals surface area (Å²) >= 11 is 0. The second kappa shape index (κ2) is 5.78. The number of carboxylic acid groups (broad SMARTS) is 1. The van der Waals surface area contributed by atoms with Crippen LogP contribution in [0.3, 0.4) is 0 Å². The van der Waals surface area contributed by atoms with Gasteiger partial charge in [0.05, 0.1) is 5.92 Å². The van der Waals surface area contributed by atoms with Gasteiger partial charge in [-0.15, -0.1) is 0 Å². The van der Waals surface area contributed by atoms with E-state index in [9.17, 15) is 9.59 Å². The number of hydrogen-bond acceptors (Lipinski definition) is 2. The fraction of sp³-hybridized carbons (Fsp3) is 0.818. The molecule has 0 aromatic carbocycles. The van der Waals surface area contributed by atoms with Gasteiger partial charge in [0, 0.05) is 6.42 Å². The van der Waals surface area contributed by atoms with Crippen molar-refractivity contribution in [3.63, 3.8) is 0 Å². The molecule has 0 bridgehead atoms. The normalized spacial score (nSPS) is 20.3. The van der Waals surface area contributed by atoms with Crippen molar-refractivity contribution in [3.8, 4) is 0 Å². The smallest absolute Gasteiger partial charge is 0.306 e. The van der Waals surface area contributed by atoms with Crippen molar-refractivity contribution in [1.82, 2.24) is 0 Å². The van der Waals surface area contributed by atoms with Crippen molar-refractivity contribution < 1.29 is 14.7 Å². The fourth-order valence-corrected chi connectivity index (χ4v) is 2.24. The number of rotatable bonds is 5. The van der Waals surface area contributed by atoms with E-state index in [1.165, 1.54) is 19.3 Å². The minimum atomic E-state index is -0.817. The molecule has 0 aromatic rings. The van der Waals surface area contributed by atoms with Gasteiger partial charge in [-0.2, -0.15) is 0 Å². The summed E-state index contributed by atoms with van der Waals surface area (Å²) in [7, 11) is 0. The fourth-order valence-electron chi connectivity index (χ4n) is 2.24. The summed E-state index contributed by atoms with van der Waals surface area (Å²) < 4.78 is 0. The summed E-state index contributed by atoms with van der Waals surface area (Å²) in [6, 6.07) is 0. The third-order valence-electron chi connectivity index (χ3n) is 3.07. The summed E-state index contributed by atoms with van der Waals surface area (Å²) in [6.07, 6.45) is 7.59. The predicted molar refractivity (Wildman–Crippen MR) is 53.0 cm³/mol. The zero-order chi connectivity index (χ0) is 10.4. The average Bonchev–Trinajstić information content (AvgIpc) is 2.18. The summed E-state index contributed by atoms with van der Waals surface area (Å²) in [5.41, 5.74) is 0. The van der Waals surface area contributed by atoms with E-state index in [0.29, 0.717) is 12.3 Å². The van der Waals surface area contributed by atoms with E-state index in [-0.39, 0.29) is 6.42 Å². The predicted octanol–water partition coefficient (Wildman–Crippen LogP) is 2.25. The van der Waals surface area contributed by atoms with Crippen molar-refractivity contribution in [1.29, 1.82) is 0 Å². The first-order valence-corrected chi connectivity index (χ1v) is 5.40. The van der Waals surface area contributed by atoms with E-state index in [1.807, 2.05) is 0 Å². The Morgan fingerprint density at radius 2 is 2.00 bits per heavy atom. The van der Waals surface area contributed by atoms with Crippen LogP contribution in [0.2, 0.25) is 0 Å². The highest BCUT2D eigenvalue weighted by atomic mass is 16.4. The maximum atomic E-state index is 10.8. The maximum Gasteiger partial charge on any atom is 0.306 e. The largest absolute Gasteiger partial charge is 0.481 e. The summed E-state index contributed by atoms with van der Waals surface area (Å²) in [5.74, 6) is -0.733. The van der Waals surface area contributed by atoms with Crippen molar-refractivity contribution in [3.05, 3.63) is 0 Å². The van der Waals surface area contributed by atoms with Crippen LogP contribution in [0.5, 0.6) is 0 Å². The molecule has 1 saturated carbocycles. The molecule has 1 fully saturated rings. The molecule has 1 aliphatic rings. The van der Waals surface area contributed by atoms with Crippen LogP contribution < -0.4 is 0 Å². The summed E-state index contributed by atoms with van der Waals surface area (Å²) in [5, 5.41) is 8.88. The quantitative estimate of drug-likeness (QED) is 0.689. The van der Waals surface area contributed by atoms with E-state index in [2.05, 4.69) is 0 Å². The van der Waals surface area contributed by atoms with Crippen molar-refractivity contribution in [2.75, 3.05) is 0 Å². The Balaban J connectivity index is 2.36. The van der Waals surface area contributed by atoms with Crippen LogP contribution >= 0.6 is 0 Å². The van der Waals surface area contributed by atoms with Gasteiger partial charge in [0.1, 0.15) is 6.29 Å². The molecular weight excluding hydrogens is 180 g/mol. The number of carboxylic acids is 1. The molecule has 80 valence electrons. The first-order valence-electron chi connectivity index (χ1n) is 5.40. The van der Waals surface area contributed by atoms with Gasteiger partial charge in [-0.25, -0.2) is 0 Å². The Hall–Kier alpha value is -0.860. The van der Waals surface area contributed by atoms with Crippen LogP contribution in [0.25, 0.3) is 0 Å². The van der Waals surface area contributed by atoms with Crippen LogP contribution in [0.15, 0.2) is 0 Å². The first kappa shape index (κ1) is 11.2. The molecule has 3 nitrogen and oxygen atoms in total. The van der Waals surface area contributed by atoms with Gasteiger partial charge in [0.2, 0.25) is 0 Å². The molecule has 0 amide bonds. The van der Waals surface area contributed by atoms with Crippen molar-refractivity contribution in [2.45, 2.75) is 44.9 Å². The van der Waals surface area contributed by atoms with Crippen LogP contribution in [0.1, 0.15) is 44.9 Å². The Kier molecular flexibility index (Phi) is 4.63. The summed E-state index contributed by atoms with van der Waals surface area (Å²) in [6.45, 7) is 0. The molecule has 0 heterocycles. The van der Waals surface area contributed by atoms with Crippen LogP contribution in [-0.4, -0.2) is 17.4 Å². The second-order valence-electron chi connectivity index (χ2n) is 4.18. The van der Waals surface area contributed by atoms with Gasteiger partial charge >= 0.3 is 5.97 Å². The van der Waals surface area contributed by atoms with E-state index in [0.717, 1.165) is 19.1 Å². The third kappa shape index (κ3) is 3.48. The topological polar surface area (TPSA) is 54.4 Å². The molecule has 1 aliphatic carbocycles. The zero-order valence-corrected chi connectivity index (χ0v) is 8.45. The number of aliphatic carboxylic acids is 1. The van der Waals surface area contributed by atoms with Gasteiger partial charge in [0.25, 0.3) is 0 Å². The molecule has 1 N–H and O–H groups in total. The highest BCUT2D eigenvalue weighted by Crippen LogP contribution is 2.29. The van der Waals surface area contributed by atoms with Crippen molar-refractivity contribution in [2.24, 2.45) is 11.8 Å². The van der Waals surface area contributed by atoms with Crippen LogP contribution in [0, 0.1) is 11.8 Å². The highest BCUT2D eigenvalue weighted by Gasteiger charge is 2.23. The number of carbonyl (C=O) groups is 2. The van der Waals surface area contributed by atoms with Gasteiger partial charge < -0.3 is 9.90 Å². The third-order valence-corrected chi connectivity index (χ3v) is 3.07. The molecule has 0 saturated heterocycles. The van der Waals surface area contributed by atoms with E-state index in [4.69, 9.17) is 5.11 Å². The second-order valence-corrected chi connectivity index (χ2v) is 4.18. The molecule has 0 aromatic heterocycles.